The van der Waals surface area contributed by atoms with Crippen LogP contribution in [0.3, 0.4) is 0 Å². The lowest BCUT2D eigenvalue weighted by atomic mass is 10.0. The molecule has 28 heavy (non-hydrogen) atoms. The summed E-state index contributed by atoms with van der Waals surface area (Å²) in [5.41, 5.74) is -1.17. The number of halogens is 5. The van der Waals surface area contributed by atoms with Gasteiger partial charge in [0.25, 0.3) is 0 Å². The van der Waals surface area contributed by atoms with Gasteiger partial charge in [-0.1, -0.05) is 6.07 Å². The van der Waals surface area contributed by atoms with Gasteiger partial charge in [0.2, 0.25) is 5.95 Å². The first-order valence-corrected chi connectivity index (χ1v) is 8.20. The number of nitrogens with one attached hydrogen (secondary N) is 1. The van der Waals surface area contributed by atoms with E-state index in [0.717, 1.165) is 23.2 Å². The lowest BCUT2D eigenvalue weighted by molar-refractivity contribution is -0.137. The summed E-state index contributed by atoms with van der Waals surface area (Å²) in [6.07, 6.45) is -5.04. The fraction of sp³-hybridized carbons (Fsp3) is 0.353. The first kappa shape index (κ1) is 19.8. The van der Waals surface area contributed by atoms with Crippen LogP contribution >= 0.6 is 0 Å². The molecule has 2 aromatic rings. The molecule has 0 radical (unpaired) electrons. The molecule has 1 unspecified atom stereocenters. The van der Waals surface area contributed by atoms with Gasteiger partial charge >= 0.3 is 12.3 Å². The maximum Gasteiger partial charge on any atom is 0.416 e. The van der Waals surface area contributed by atoms with Gasteiger partial charge < -0.3 is 10.1 Å². The van der Waals surface area contributed by atoms with Crippen LogP contribution in [-0.2, 0) is 10.9 Å². The van der Waals surface area contributed by atoms with Crippen LogP contribution in [0.5, 0.6) is 0 Å². The zero-order valence-electron chi connectivity index (χ0n) is 14.7. The van der Waals surface area contributed by atoms with Crippen molar-refractivity contribution in [1.82, 2.24) is 9.97 Å². The van der Waals surface area contributed by atoms with E-state index in [-0.39, 0.29) is 23.9 Å². The molecule has 1 N–H and O–H groups in total. The SMILES string of the molecule is CC1CN(c2nc(N[C@@H](C)c3ccc(C(F)(F)F)cc3F)ncc2F)C(=O)O1. The Balaban J connectivity index is 1.82. The minimum absolute atomic E-state index is 0.0586. The first-order chi connectivity index (χ1) is 13.1. The highest BCUT2D eigenvalue weighted by Crippen LogP contribution is 2.32. The Morgan fingerprint density at radius 2 is 2.00 bits per heavy atom. The fourth-order valence-corrected chi connectivity index (χ4v) is 2.72. The molecule has 0 spiro atoms. The van der Waals surface area contributed by atoms with Crippen LogP contribution in [0, 0.1) is 11.6 Å². The number of hydrogen-bond acceptors (Lipinski definition) is 5. The maximum absolute atomic E-state index is 14.1. The molecule has 1 aromatic carbocycles. The van der Waals surface area contributed by atoms with E-state index in [1.54, 1.807) is 6.92 Å². The largest absolute Gasteiger partial charge is 0.444 e. The van der Waals surface area contributed by atoms with E-state index in [4.69, 9.17) is 4.74 Å². The van der Waals surface area contributed by atoms with Crippen LogP contribution < -0.4 is 10.2 Å². The third-order valence-corrected chi connectivity index (χ3v) is 4.08. The van der Waals surface area contributed by atoms with E-state index in [2.05, 4.69) is 15.3 Å². The van der Waals surface area contributed by atoms with Gasteiger partial charge in [0.15, 0.2) is 11.6 Å². The summed E-state index contributed by atoms with van der Waals surface area (Å²) in [7, 11) is 0. The Hall–Kier alpha value is -2.98. The third-order valence-electron chi connectivity index (χ3n) is 4.08. The van der Waals surface area contributed by atoms with Gasteiger partial charge in [-0.3, -0.25) is 4.90 Å². The number of alkyl halides is 3. The number of rotatable bonds is 4. The fourth-order valence-electron chi connectivity index (χ4n) is 2.72. The van der Waals surface area contributed by atoms with Gasteiger partial charge in [-0.15, -0.1) is 0 Å². The molecule has 150 valence electrons. The van der Waals surface area contributed by atoms with Crippen molar-refractivity contribution in [2.75, 3.05) is 16.8 Å². The molecule has 1 amide bonds. The van der Waals surface area contributed by atoms with Gasteiger partial charge in [-0.2, -0.15) is 18.2 Å². The highest BCUT2D eigenvalue weighted by Gasteiger charge is 2.33. The number of carbonyl (C=O) groups excluding carboxylic acids is 1. The summed E-state index contributed by atoms with van der Waals surface area (Å²) in [6, 6.07) is 1.33. The summed E-state index contributed by atoms with van der Waals surface area (Å²) < 4.78 is 71.0. The second-order valence-electron chi connectivity index (χ2n) is 6.27. The second kappa shape index (κ2) is 7.21. The number of hydrogen-bond donors (Lipinski definition) is 1. The molecule has 0 saturated carbocycles. The van der Waals surface area contributed by atoms with Crippen LogP contribution in [0.25, 0.3) is 0 Å². The Bertz CT molecular complexity index is 906. The first-order valence-electron chi connectivity index (χ1n) is 8.20. The number of cyclic esters (lactones) is 1. The number of amides is 1. The lowest BCUT2D eigenvalue weighted by Gasteiger charge is -2.18. The van der Waals surface area contributed by atoms with Crippen LogP contribution in [-0.4, -0.2) is 28.7 Å². The normalized spacial score (nSPS) is 18.2. The van der Waals surface area contributed by atoms with Gasteiger partial charge in [0.05, 0.1) is 24.3 Å². The van der Waals surface area contributed by atoms with Crippen molar-refractivity contribution in [2.24, 2.45) is 0 Å². The zero-order chi connectivity index (χ0) is 20.6. The van der Waals surface area contributed by atoms with Crippen molar-refractivity contribution in [3.8, 4) is 0 Å². The molecule has 6 nitrogen and oxygen atoms in total. The number of carbonyl (C=O) groups is 1. The molecule has 2 heterocycles. The van der Waals surface area contributed by atoms with Crippen molar-refractivity contribution < 1.29 is 31.5 Å². The Labute approximate surface area is 156 Å². The standard InChI is InChI=1S/C17H15F5N4O2/c1-8-7-26(16(27)28-8)14-13(19)6-23-15(25-14)24-9(2)11-4-3-10(5-12(11)18)17(20,21)22/h3-6,8-9H,7H2,1-2H3,(H,23,24,25)/t8?,9-/m0/s1. The molecule has 1 aliphatic rings. The average molecular weight is 402 g/mol. The molecule has 1 aromatic heterocycles. The summed E-state index contributed by atoms with van der Waals surface area (Å²) in [5, 5.41) is 2.69. The minimum Gasteiger partial charge on any atom is -0.444 e. The number of nitrogens with zero attached hydrogens (tertiary/aromatic N) is 3. The Kier molecular flexibility index (Phi) is 5.09. The van der Waals surface area contributed by atoms with Crippen molar-refractivity contribution >= 4 is 17.9 Å². The topological polar surface area (TPSA) is 67.4 Å². The van der Waals surface area contributed by atoms with E-state index >= 15 is 0 Å². The Morgan fingerprint density at radius 3 is 2.57 bits per heavy atom. The molecule has 1 fully saturated rings. The summed E-state index contributed by atoms with van der Waals surface area (Å²) >= 11 is 0. The quantitative estimate of drug-likeness (QED) is 0.773. The number of ether oxygens (including phenoxy) is 1. The van der Waals surface area contributed by atoms with E-state index in [9.17, 15) is 26.7 Å². The second-order valence-corrected chi connectivity index (χ2v) is 6.27. The zero-order valence-corrected chi connectivity index (χ0v) is 14.7. The molecule has 0 bridgehead atoms. The summed E-state index contributed by atoms with van der Waals surface area (Å²) in [6.45, 7) is 3.20. The predicted octanol–water partition coefficient (Wildman–Crippen LogP) is 4.29. The van der Waals surface area contributed by atoms with Gasteiger partial charge in [-0.05, 0) is 26.0 Å². The molecule has 1 aliphatic heterocycles. The molecule has 0 aliphatic carbocycles. The van der Waals surface area contributed by atoms with Crippen molar-refractivity contribution in [3.05, 3.63) is 47.2 Å². The number of anilines is 2. The predicted molar refractivity (Wildman–Crippen MR) is 88.7 cm³/mol. The Morgan fingerprint density at radius 1 is 1.29 bits per heavy atom. The molecular formula is C17H15F5N4O2. The number of aromatic nitrogens is 2. The molecule has 1 saturated heterocycles. The van der Waals surface area contributed by atoms with Crippen molar-refractivity contribution in [1.29, 1.82) is 0 Å². The van der Waals surface area contributed by atoms with E-state index in [1.807, 2.05) is 0 Å². The highest BCUT2D eigenvalue weighted by atomic mass is 19.4. The summed E-state index contributed by atoms with van der Waals surface area (Å²) in [4.78, 5) is 20.4. The monoisotopic (exact) mass is 402 g/mol. The molecule has 3 rings (SSSR count). The molecular weight excluding hydrogens is 387 g/mol. The highest BCUT2D eigenvalue weighted by molar-refractivity contribution is 5.88. The maximum atomic E-state index is 14.1. The van der Waals surface area contributed by atoms with Crippen LogP contribution in [0.15, 0.2) is 24.4 Å². The number of benzene rings is 1. The van der Waals surface area contributed by atoms with E-state index in [1.165, 1.54) is 6.92 Å². The van der Waals surface area contributed by atoms with Crippen molar-refractivity contribution in [2.45, 2.75) is 32.2 Å². The smallest absolute Gasteiger partial charge is 0.416 e. The molecule has 11 heteroatoms. The minimum atomic E-state index is -4.66. The van der Waals surface area contributed by atoms with E-state index < -0.39 is 41.6 Å². The van der Waals surface area contributed by atoms with Crippen LogP contribution in [0.4, 0.5) is 38.5 Å². The molecule has 2 atom stereocenters. The van der Waals surface area contributed by atoms with Gasteiger partial charge in [0.1, 0.15) is 11.9 Å². The van der Waals surface area contributed by atoms with Crippen LogP contribution in [0.1, 0.15) is 31.0 Å². The van der Waals surface area contributed by atoms with E-state index in [0.29, 0.717) is 6.07 Å². The average Bonchev–Trinajstić information content (AvgIpc) is 2.93. The van der Waals surface area contributed by atoms with Crippen LogP contribution in [0.2, 0.25) is 0 Å². The summed E-state index contributed by atoms with van der Waals surface area (Å²) in [5.74, 6) is -2.36. The third kappa shape index (κ3) is 3.97. The van der Waals surface area contributed by atoms with Crippen molar-refractivity contribution in [3.63, 3.8) is 0 Å². The van der Waals surface area contributed by atoms with Gasteiger partial charge in [-0.25, -0.2) is 18.6 Å². The van der Waals surface area contributed by atoms with Gasteiger partial charge in [0, 0.05) is 5.56 Å². The lowest BCUT2D eigenvalue weighted by Crippen LogP contribution is -2.27.